The minimum atomic E-state index is 0.784. The van der Waals surface area contributed by atoms with Crippen molar-refractivity contribution in [3.8, 4) is 33.4 Å². The summed E-state index contributed by atoms with van der Waals surface area (Å²) in [7, 11) is 0. The van der Waals surface area contributed by atoms with Crippen molar-refractivity contribution in [2.75, 3.05) is 4.90 Å². The molecule has 4 nitrogen and oxygen atoms in total. The molecule has 0 radical (unpaired) electrons. The van der Waals surface area contributed by atoms with Crippen LogP contribution in [0, 0.1) is 0 Å². The monoisotopic (exact) mass is 743 g/mol. The van der Waals surface area contributed by atoms with Crippen molar-refractivity contribution < 1.29 is 13.3 Å². The second-order valence-electron chi connectivity index (χ2n) is 14.8. The molecule has 0 bridgehead atoms. The van der Waals surface area contributed by atoms with Crippen molar-refractivity contribution in [3.63, 3.8) is 0 Å². The minimum absolute atomic E-state index is 0.784. The van der Waals surface area contributed by atoms with Gasteiger partial charge in [-0.05, 0) is 82.9 Å². The lowest BCUT2D eigenvalue weighted by Crippen LogP contribution is -2.11. The van der Waals surface area contributed by atoms with Gasteiger partial charge in [-0.25, -0.2) is 0 Å². The van der Waals surface area contributed by atoms with Gasteiger partial charge in [0.25, 0.3) is 0 Å². The molecule has 3 heterocycles. The number of para-hydroxylation sites is 3. The number of benzene rings is 9. The summed E-state index contributed by atoms with van der Waals surface area (Å²) in [5, 5.41) is 6.19. The summed E-state index contributed by atoms with van der Waals surface area (Å²) in [6.07, 6.45) is 0. The highest BCUT2D eigenvalue weighted by atomic mass is 16.3. The topological polar surface area (TPSA) is 42.7 Å². The Balaban J connectivity index is 1.05. The van der Waals surface area contributed by atoms with Gasteiger partial charge in [-0.15, -0.1) is 0 Å². The number of hydrogen-bond donors (Lipinski definition) is 0. The van der Waals surface area contributed by atoms with Gasteiger partial charge in [-0.2, -0.15) is 0 Å². The summed E-state index contributed by atoms with van der Waals surface area (Å²) >= 11 is 0. The summed E-state index contributed by atoms with van der Waals surface area (Å²) < 4.78 is 20.1. The van der Waals surface area contributed by atoms with Crippen LogP contribution in [-0.2, 0) is 0 Å². The molecule has 0 amide bonds. The fourth-order valence-electron chi connectivity index (χ4n) is 8.81. The summed E-state index contributed by atoms with van der Waals surface area (Å²) in [5.41, 5.74) is 14.8. The first kappa shape index (κ1) is 32.4. The van der Waals surface area contributed by atoms with Crippen LogP contribution in [0.5, 0.6) is 0 Å². The van der Waals surface area contributed by atoms with Gasteiger partial charge in [0, 0.05) is 49.4 Å². The Morgan fingerprint density at radius 1 is 0.293 bits per heavy atom. The zero-order chi connectivity index (χ0) is 38.2. The Morgan fingerprint density at radius 3 is 1.59 bits per heavy atom. The minimum Gasteiger partial charge on any atom is -0.456 e. The van der Waals surface area contributed by atoms with E-state index in [1.807, 2.05) is 24.3 Å². The molecule has 0 saturated carbocycles. The molecule has 58 heavy (non-hydrogen) atoms. The van der Waals surface area contributed by atoms with Crippen molar-refractivity contribution in [1.29, 1.82) is 0 Å². The molecule has 0 saturated heterocycles. The Bertz CT molecular complexity index is 3480. The zero-order valence-corrected chi connectivity index (χ0v) is 31.2. The van der Waals surface area contributed by atoms with Crippen LogP contribution in [0.2, 0.25) is 0 Å². The lowest BCUT2D eigenvalue weighted by Gasteiger charge is -2.28. The fraction of sp³-hybridized carbons (Fsp3) is 0. The first-order chi connectivity index (χ1) is 28.8. The van der Waals surface area contributed by atoms with Crippen LogP contribution in [0.4, 0.5) is 17.1 Å². The molecule has 0 spiro atoms. The van der Waals surface area contributed by atoms with E-state index in [1.165, 1.54) is 11.1 Å². The highest BCUT2D eigenvalue weighted by molar-refractivity contribution is 6.33. The van der Waals surface area contributed by atoms with Crippen LogP contribution in [0.3, 0.4) is 0 Å². The van der Waals surface area contributed by atoms with Gasteiger partial charge in [0.15, 0.2) is 0 Å². The number of hydrogen-bond acceptors (Lipinski definition) is 4. The van der Waals surface area contributed by atoms with Gasteiger partial charge in [0.05, 0.1) is 11.1 Å². The van der Waals surface area contributed by atoms with E-state index in [4.69, 9.17) is 13.3 Å². The maximum absolute atomic E-state index is 6.78. The van der Waals surface area contributed by atoms with E-state index in [2.05, 4.69) is 181 Å². The van der Waals surface area contributed by atoms with Gasteiger partial charge in [-0.3, -0.25) is 0 Å². The van der Waals surface area contributed by atoms with E-state index in [0.717, 1.165) is 105 Å². The Labute approximate surface area is 333 Å². The Morgan fingerprint density at radius 2 is 0.845 bits per heavy atom. The molecule has 9 aromatic carbocycles. The molecule has 272 valence electrons. The van der Waals surface area contributed by atoms with Gasteiger partial charge < -0.3 is 18.2 Å². The molecule has 0 fully saturated rings. The number of furan rings is 3. The van der Waals surface area contributed by atoms with Crippen LogP contribution >= 0.6 is 0 Å². The van der Waals surface area contributed by atoms with Crippen molar-refractivity contribution >= 4 is 82.9 Å². The van der Waals surface area contributed by atoms with E-state index in [1.54, 1.807) is 0 Å². The van der Waals surface area contributed by atoms with Gasteiger partial charge in [0.2, 0.25) is 0 Å². The second-order valence-corrected chi connectivity index (χ2v) is 14.8. The quantitative estimate of drug-likeness (QED) is 0.170. The summed E-state index contributed by atoms with van der Waals surface area (Å²) in [6, 6.07) is 70.1. The maximum atomic E-state index is 6.78. The lowest BCUT2D eigenvalue weighted by atomic mass is 9.97. The average Bonchev–Trinajstić information content (AvgIpc) is 3.99. The molecule has 12 rings (SSSR count). The highest BCUT2D eigenvalue weighted by Crippen LogP contribution is 2.48. The molecule has 12 aromatic rings. The smallest absolute Gasteiger partial charge is 0.147 e. The molecule has 0 N–H and O–H groups in total. The second kappa shape index (κ2) is 12.9. The van der Waals surface area contributed by atoms with Gasteiger partial charge in [-0.1, -0.05) is 140 Å². The van der Waals surface area contributed by atoms with Crippen molar-refractivity contribution in [3.05, 3.63) is 200 Å². The first-order valence-electron chi connectivity index (χ1n) is 19.6. The predicted molar refractivity (Wildman–Crippen MR) is 239 cm³/mol. The molecule has 3 aromatic heterocycles. The SMILES string of the molecule is c1ccc(-c2ccc(N(c3ccc(-c4cc5oc6ccc7c8ccccc8oc7c6c5c5c4oc4ccccc45)cc3)c3ccccc3-c3ccccc3)cc2)cc1. The molecular weight excluding hydrogens is 711 g/mol. The third kappa shape index (κ3) is 5.02. The summed E-state index contributed by atoms with van der Waals surface area (Å²) in [4.78, 5) is 2.35. The van der Waals surface area contributed by atoms with E-state index < -0.39 is 0 Å². The molecule has 0 aliphatic carbocycles. The number of rotatable bonds is 6. The van der Waals surface area contributed by atoms with Crippen LogP contribution < -0.4 is 4.90 Å². The normalized spacial score (nSPS) is 11.8. The Hall–Kier alpha value is -7.82. The third-order valence-corrected chi connectivity index (χ3v) is 11.5. The predicted octanol–water partition coefficient (Wildman–Crippen LogP) is 15.9. The molecule has 0 aliphatic rings. The average molecular weight is 744 g/mol. The molecule has 0 unspecified atom stereocenters. The van der Waals surface area contributed by atoms with Crippen LogP contribution in [0.25, 0.3) is 99.2 Å². The van der Waals surface area contributed by atoms with Crippen LogP contribution in [0.1, 0.15) is 0 Å². The Kier molecular flexibility index (Phi) is 7.20. The van der Waals surface area contributed by atoms with Crippen LogP contribution in [-0.4, -0.2) is 0 Å². The zero-order valence-electron chi connectivity index (χ0n) is 31.2. The van der Waals surface area contributed by atoms with Crippen molar-refractivity contribution in [2.24, 2.45) is 0 Å². The maximum Gasteiger partial charge on any atom is 0.147 e. The molecular formula is C54H33NO3. The van der Waals surface area contributed by atoms with E-state index in [0.29, 0.717) is 0 Å². The van der Waals surface area contributed by atoms with E-state index in [-0.39, 0.29) is 0 Å². The lowest BCUT2D eigenvalue weighted by molar-refractivity contribution is 0.660. The first-order valence-corrected chi connectivity index (χ1v) is 19.6. The van der Waals surface area contributed by atoms with Crippen molar-refractivity contribution in [1.82, 2.24) is 0 Å². The van der Waals surface area contributed by atoms with Gasteiger partial charge in [0.1, 0.15) is 33.5 Å². The van der Waals surface area contributed by atoms with E-state index in [9.17, 15) is 0 Å². The summed E-state index contributed by atoms with van der Waals surface area (Å²) in [5.74, 6) is 0. The van der Waals surface area contributed by atoms with Crippen LogP contribution in [0.15, 0.2) is 213 Å². The standard InChI is InChI=1S/C54H33NO3/c1-3-13-34(14-4-1)35-23-27-38(28-24-35)55(45-20-10-7-17-40(45)36-15-5-2-6-16-36)39-29-25-37(26-30-39)44-33-49-51(50-43-19-9-12-22-47(43)58-54(44)50)52-48(56-49)32-31-42-41-18-8-11-21-46(41)57-53(42)52/h1-33H. The molecule has 0 aliphatic heterocycles. The highest BCUT2D eigenvalue weighted by Gasteiger charge is 2.24. The number of nitrogens with zero attached hydrogens (tertiary/aromatic N) is 1. The van der Waals surface area contributed by atoms with E-state index >= 15 is 0 Å². The summed E-state index contributed by atoms with van der Waals surface area (Å²) in [6.45, 7) is 0. The number of fused-ring (bicyclic) bond motifs is 11. The fourth-order valence-corrected chi connectivity index (χ4v) is 8.81. The van der Waals surface area contributed by atoms with Crippen molar-refractivity contribution in [2.45, 2.75) is 0 Å². The largest absolute Gasteiger partial charge is 0.456 e. The third-order valence-electron chi connectivity index (χ3n) is 11.5. The van der Waals surface area contributed by atoms with Gasteiger partial charge >= 0.3 is 0 Å². The molecule has 4 heteroatoms. The molecule has 0 atom stereocenters. The number of anilines is 3.